The molecule has 0 spiro atoms. The number of nitrogens with one attached hydrogen (secondary N) is 1. The van der Waals surface area contributed by atoms with Gasteiger partial charge in [0.05, 0.1) is 11.4 Å². The molecule has 0 saturated heterocycles. The van der Waals surface area contributed by atoms with Crippen LogP contribution in [0.25, 0.3) is 27.8 Å². The summed E-state index contributed by atoms with van der Waals surface area (Å²) < 4.78 is 7.36. The smallest absolute Gasteiger partial charge is 0.302 e. The van der Waals surface area contributed by atoms with Crippen LogP contribution >= 0.6 is 11.8 Å². The monoisotopic (exact) mass is 455 g/mol. The predicted molar refractivity (Wildman–Crippen MR) is 132 cm³/mol. The first-order valence-corrected chi connectivity index (χ1v) is 11.5. The van der Waals surface area contributed by atoms with Crippen molar-refractivity contribution in [3.8, 4) is 5.69 Å². The molecule has 2 aromatic heterocycles. The number of aromatic nitrogens is 2. The van der Waals surface area contributed by atoms with E-state index in [4.69, 9.17) is 9.40 Å². The Labute approximate surface area is 194 Å². The Morgan fingerprint density at radius 1 is 0.970 bits per heavy atom. The average molecular weight is 456 g/mol. The van der Waals surface area contributed by atoms with Gasteiger partial charge in [-0.15, -0.1) is 0 Å². The molecule has 1 N–H and O–H groups in total. The lowest BCUT2D eigenvalue weighted by Crippen LogP contribution is -2.22. The number of amides is 1. The molecule has 7 heteroatoms. The van der Waals surface area contributed by atoms with Crippen LogP contribution in [0, 0.1) is 13.8 Å². The number of rotatable bonds is 5. The summed E-state index contributed by atoms with van der Waals surface area (Å²) >= 11 is 1.22. The number of carbonyl (C=O) groups is 1. The lowest BCUT2D eigenvalue weighted by Gasteiger charge is -2.12. The molecule has 0 fully saturated rings. The number of hydrogen-bond acceptors (Lipinski definition) is 5. The number of hydrogen-bond donors (Lipinski definition) is 1. The largest absolute Gasteiger partial charge is 0.448 e. The van der Waals surface area contributed by atoms with Gasteiger partial charge < -0.3 is 9.73 Å². The van der Waals surface area contributed by atoms with E-state index in [1.165, 1.54) is 16.3 Å². The number of nitrogens with zero attached hydrogens (tertiary/aromatic N) is 2. The first kappa shape index (κ1) is 21.0. The fraction of sp³-hybridized carbons (Fsp3) is 0.115. The van der Waals surface area contributed by atoms with Crippen LogP contribution in [-0.4, -0.2) is 21.2 Å². The third kappa shape index (κ3) is 4.15. The fourth-order valence-electron chi connectivity index (χ4n) is 3.60. The molecule has 0 saturated carbocycles. The van der Waals surface area contributed by atoms with Crippen LogP contribution in [-0.2, 0) is 4.79 Å². The second kappa shape index (κ2) is 8.60. The summed E-state index contributed by atoms with van der Waals surface area (Å²) in [4.78, 5) is 30.9. The molecule has 33 heavy (non-hydrogen) atoms. The molecule has 3 aromatic carbocycles. The normalized spacial score (nSPS) is 11.2. The van der Waals surface area contributed by atoms with Crippen molar-refractivity contribution in [1.29, 1.82) is 0 Å². The minimum atomic E-state index is -0.304. The van der Waals surface area contributed by atoms with E-state index in [0.29, 0.717) is 21.9 Å². The Kier molecular flexibility index (Phi) is 5.48. The molecule has 5 aromatic rings. The van der Waals surface area contributed by atoms with Crippen molar-refractivity contribution < 1.29 is 9.21 Å². The van der Waals surface area contributed by atoms with Crippen molar-refractivity contribution in [3.63, 3.8) is 0 Å². The lowest BCUT2D eigenvalue weighted by molar-refractivity contribution is -0.113. The van der Waals surface area contributed by atoms with Crippen LogP contribution < -0.4 is 10.9 Å². The third-order valence-corrected chi connectivity index (χ3v) is 6.26. The van der Waals surface area contributed by atoms with E-state index in [-0.39, 0.29) is 22.8 Å². The SMILES string of the molecule is Cc1ccc(NC(=O)CSc2nc3c(oc4ccccc43)c(=O)n2-c2ccc(C)cc2)cc1. The summed E-state index contributed by atoms with van der Waals surface area (Å²) in [5.41, 5.74) is 4.60. The number of furan rings is 1. The Morgan fingerprint density at radius 2 is 1.64 bits per heavy atom. The van der Waals surface area contributed by atoms with Crippen molar-refractivity contribution in [2.45, 2.75) is 19.0 Å². The predicted octanol–water partition coefficient (Wildman–Crippen LogP) is 5.48. The molecular formula is C26H21N3O3S. The number of para-hydroxylation sites is 1. The quantitative estimate of drug-likeness (QED) is 0.281. The van der Waals surface area contributed by atoms with Crippen LogP contribution in [0.2, 0.25) is 0 Å². The molecule has 5 rings (SSSR count). The number of fused-ring (bicyclic) bond motifs is 3. The zero-order valence-electron chi connectivity index (χ0n) is 18.2. The van der Waals surface area contributed by atoms with Crippen LogP contribution in [0.4, 0.5) is 5.69 Å². The van der Waals surface area contributed by atoms with E-state index < -0.39 is 0 Å². The van der Waals surface area contributed by atoms with E-state index in [1.54, 1.807) is 0 Å². The maximum absolute atomic E-state index is 13.5. The molecule has 0 aliphatic rings. The van der Waals surface area contributed by atoms with Crippen LogP contribution in [0.15, 0.2) is 87.2 Å². The molecule has 0 bridgehead atoms. The van der Waals surface area contributed by atoms with Gasteiger partial charge in [-0.3, -0.25) is 14.2 Å². The first-order chi connectivity index (χ1) is 16.0. The number of thioether (sulfide) groups is 1. The van der Waals surface area contributed by atoms with Crippen molar-refractivity contribution in [2.24, 2.45) is 0 Å². The zero-order valence-corrected chi connectivity index (χ0v) is 19.0. The van der Waals surface area contributed by atoms with Crippen LogP contribution in [0.5, 0.6) is 0 Å². The highest BCUT2D eigenvalue weighted by molar-refractivity contribution is 7.99. The Bertz CT molecular complexity index is 1530. The van der Waals surface area contributed by atoms with Gasteiger partial charge in [0.25, 0.3) is 0 Å². The number of aryl methyl sites for hydroxylation is 2. The molecular weight excluding hydrogens is 434 g/mol. The fourth-order valence-corrected chi connectivity index (χ4v) is 4.41. The van der Waals surface area contributed by atoms with Crippen molar-refractivity contribution in [3.05, 3.63) is 94.3 Å². The standard InChI is InChI=1S/C26H21N3O3S/c1-16-7-11-18(12-8-16)27-22(30)15-33-26-28-23-20-5-3-4-6-21(20)32-24(23)25(31)29(26)19-13-9-17(2)10-14-19/h3-14H,15H2,1-2H3,(H,27,30). The summed E-state index contributed by atoms with van der Waals surface area (Å²) in [6.07, 6.45) is 0. The highest BCUT2D eigenvalue weighted by Crippen LogP contribution is 2.28. The second-order valence-corrected chi connectivity index (χ2v) is 8.79. The summed E-state index contributed by atoms with van der Waals surface area (Å²) in [6.45, 7) is 3.98. The van der Waals surface area contributed by atoms with Crippen molar-refractivity contribution in [2.75, 3.05) is 11.1 Å². The number of carbonyl (C=O) groups excluding carboxylic acids is 1. The summed E-state index contributed by atoms with van der Waals surface area (Å²) in [7, 11) is 0. The molecule has 164 valence electrons. The second-order valence-electron chi connectivity index (χ2n) is 7.85. The number of anilines is 1. The highest BCUT2D eigenvalue weighted by Gasteiger charge is 2.19. The molecule has 1 amide bonds. The minimum Gasteiger partial charge on any atom is -0.448 e. The van der Waals surface area contributed by atoms with E-state index >= 15 is 0 Å². The zero-order chi connectivity index (χ0) is 22.9. The Morgan fingerprint density at radius 3 is 2.36 bits per heavy atom. The van der Waals surface area contributed by atoms with Crippen LogP contribution in [0.1, 0.15) is 11.1 Å². The van der Waals surface area contributed by atoms with Gasteiger partial charge in [-0.2, -0.15) is 0 Å². The van der Waals surface area contributed by atoms with Gasteiger partial charge in [0.1, 0.15) is 11.1 Å². The average Bonchev–Trinajstić information content (AvgIpc) is 3.19. The van der Waals surface area contributed by atoms with Gasteiger partial charge in [0.2, 0.25) is 11.5 Å². The lowest BCUT2D eigenvalue weighted by atomic mass is 10.2. The van der Waals surface area contributed by atoms with Crippen molar-refractivity contribution >= 4 is 45.4 Å². The van der Waals surface area contributed by atoms with Crippen LogP contribution in [0.3, 0.4) is 0 Å². The van der Waals surface area contributed by atoms with Gasteiger partial charge >= 0.3 is 5.56 Å². The van der Waals surface area contributed by atoms with Gasteiger partial charge in [-0.25, -0.2) is 4.98 Å². The summed E-state index contributed by atoms with van der Waals surface area (Å²) in [6, 6.07) is 22.6. The summed E-state index contributed by atoms with van der Waals surface area (Å²) in [5, 5.41) is 4.09. The van der Waals surface area contributed by atoms with Gasteiger partial charge in [0.15, 0.2) is 5.16 Å². The van der Waals surface area contributed by atoms with E-state index in [9.17, 15) is 9.59 Å². The molecule has 0 unspecified atom stereocenters. The third-order valence-electron chi connectivity index (χ3n) is 5.33. The van der Waals surface area contributed by atoms with E-state index in [0.717, 1.165) is 22.2 Å². The maximum atomic E-state index is 13.5. The van der Waals surface area contributed by atoms with Crippen molar-refractivity contribution in [1.82, 2.24) is 9.55 Å². The molecule has 0 aliphatic carbocycles. The molecule has 6 nitrogen and oxygen atoms in total. The molecule has 0 atom stereocenters. The molecule has 2 heterocycles. The topological polar surface area (TPSA) is 77.1 Å². The molecule has 0 aliphatic heterocycles. The van der Waals surface area contributed by atoms with E-state index in [2.05, 4.69) is 5.32 Å². The van der Waals surface area contributed by atoms with Gasteiger partial charge in [-0.1, -0.05) is 59.3 Å². The minimum absolute atomic E-state index is 0.105. The summed E-state index contributed by atoms with van der Waals surface area (Å²) in [5.74, 6) is -0.0706. The van der Waals surface area contributed by atoms with Gasteiger partial charge in [-0.05, 0) is 50.2 Å². The Balaban J connectivity index is 1.55. The molecule has 0 radical (unpaired) electrons. The van der Waals surface area contributed by atoms with Gasteiger partial charge in [0, 0.05) is 11.1 Å². The highest BCUT2D eigenvalue weighted by atomic mass is 32.2. The Hall–Kier alpha value is -3.84. The number of benzene rings is 3. The first-order valence-electron chi connectivity index (χ1n) is 10.5. The maximum Gasteiger partial charge on any atom is 0.302 e. The van der Waals surface area contributed by atoms with E-state index in [1.807, 2.05) is 86.6 Å².